The number of carbonyl (C=O) groups excluding carboxylic acids is 1. The minimum absolute atomic E-state index is 0.0613. The summed E-state index contributed by atoms with van der Waals surface area (Å²) in [6.07, 6.45) is 3.24. The van der Waals surface area contributed by atoms with Crippen molar-refractivity contribution in [2.45, 2.75) is 6.10 Å². The van der Waals surface area contributed by atoms with Crippen molar-refractivity contribution in [1.82, 2.24) is 0 Å². The number of aliphatic hydroxyl groups is 1. The summed E-state index contributed by atoms with van der Waals surface area (Å²) in [7, 11) is 5.91. The van der Waals surface area contributed by atoms with Crippen molar-refractivity contribution in [3.8, 4) is 11.5 Å². The second-order valence-corrected chi connectivity index (χ2v) is 4.96. The Labute approximate surface area is 140 Å². The summed E-state index contributed by atoms with van der Waals surface area (Å²) in [5, 5.41) is 10.9. The molecule has 0 heterocycles. The first-order chi connectivity index (χ1) is 11.6. The number of methoxy groups -OCH3 is 4. The molecule has 0 saturated heterocycles. The Bertz CT molecular complexity index is 714. The summed E-state index contributed by atoms with van der Waals surface area (Å²) in [5.74, 6) is 0.762. The van der Waals surface area contributed by atoms with Crippen molar-refractivity contribution in [1.29, 1.82) is 0 Å². The second kappa shape index (κ2) is 7.70. The van der Waals surface area contributed by atoms with E-state index in [2.05, 4.69) is 0 Å². The molecular formula is C18H20O6. The Morgan fingerprint density at radius 3 is 2.38 bits per heavy atom. The molecule has 1 unspecified atom stereocenters. The van der Waals surface area contributed by atoms with Crippen molar-refractivity contribution >= 4 is 5.78 Å². The highest BCUT2D eigenvalue weighted by atomic mass is 16.5. The largest absolute Gasteiger partial charge is 0.504 e. The average molecular weight is 332 g/mol. The molecule has 0 aromatic heterocycles. The van der Waals surface area contributed by atoms with Crippen LogP contribution in [0.5, 0.6) is 11.5 Å². The van der Waals surface area contributed by atoms with Crippen LogP contribution in [-0.4, -0.2) is 39.3 Å². The lowest BCUT2D eigenvalue weighted by molar-refractivity contribution is -0.114. The summed E-state index contributed by atoms with van der Waals surface area (Å²) in [4.78, 5) is 12.1. The standard InChI is InChI=1S/C18H20O6/c1-21-10-11-5-8-14(19)18(24-4)16(11)17(20)13-7-6-12(22-2)9-15(13)23-3/h5-10,17,20H,1-4H3/b11-10+. The fraction of sp³-hybridized carbons (Fsp3) is 0.278. The van der Waals surface area contributed by atoms with Crippen LogP contribution in [0.3, 0.4) is 0 Å². The van der Waals surface area contributed by atoms with Crippen molar-refractivity contribution in [2.24, 2.45) is 0 Å². The molecule has 1 aromatic carbocycles. The maximum atomic E-state index is 12.1. The number of carbonyl (C=O) groups is 1. The van der Waals surface area contributed by atoms with E-state index in [1.807, 2.05) is 0 Å². The highest BCUT2D eigenvalue weighted by molar-refractivity contribution is 6.05. The number of ketones is 1. The lowest BCUT2D eigenvalue weighted by atomic mass is 9.89. The van der Waals surface area contributed by atoms with Gasteiger partial charge in [-0.2, -0.15) is 0 Å². The normalized spacial score (nSPS) is 17.0. The van der Waals surface area contributed by atoms with Gasteiger partial charge >= 0.3 is 0 Å². The molecular weight excluding hydrogens is 312 g/mol. The van der Waals surface area contributed by atoms with Crippen LogP contribution >= 0.6 is 0 Å². The molecule has 0 radical (unpaired) electrons. The molecule has 2 rings (SSSR count). The summed E-state index contributed by atoms with van der Waals surface area (Å²) >= 11 is 0. The van der Waals surface area contributed by atoms with Gasteiger partial charge in [-0.1, -0.05) is 0 Å². The number of ether oxygens (including phenoxy) is 4. The summed E-state index contributed by atoms with van der Waals surface area (Å²) in [6.45, 7) is 0. The summed E-state index contributed by atoms with van der Waals surface area (Å²) in [5.41, 5.74) is 1.34. The molecule has 1 N–H and O–H groups in total. The number of aliphatic hydroxyl groups excluding tert-OH is 1. The zero-order chi connectivity index (χ0) is 17.7. The molecule has 0 aliphatic heterocycles. The van der Waals surface area contributed by atoms with E-state index >= 15 is 0 Å². The zero-order valence-electron chi connectivity index (χ0n) is 14.0. The molecule has 24 heavy (non-hydrogen) atoms. The van der Waals surface area contributed by atoms with Gasteiger partial charge in [0.25, 0.3) is 0 Å². The topological polar surface area (TPSA) is 74.2 Å². The summed E-state index contributed by atoms with van der Waals surface area (Å²) in [6, 6.07) is 5.04. The Hall–Kier alpha value is -2.73. The lowest BCUT2D eigenvalue weighted by Crippen LogP contribution is -2.17. The van der Waals surface area contributed by atoms with Gasteiger partial charge in [0.15, 0.2) is 5.76 Å². The molecule has 0 spiro atoms. The molecule has 1 atom stereocenters. The van der Waals surface area contributed by atoms with Crippen LogP contribution in [0.2, 0.25) is 0 Å². The van der Waals surface area contributed by atoms with Crippen LogP contribution in [0.4, 0.5) is 0 Å². The number of allylic oxidation sites excluding steroid dienone is 2. The smallest absolute Gasteiger partial charge is 0.220 e. The van der Waals surface area contributed by atoms with Crippen LogP contribution in [0.25, 0.3) is 0 Å². The third-order valence-electron chi connectivity index (χ3n) is 3.65. The maximum absolute atomic E-state index is 12.1. The van der Waals surface area contributed by atoms with Crippen LogP contribution in [0.1, 0.15) is 11.7 Å². The predicted octanol–water partition coefficient (Wildman–Crippen LogP) is 2.31. The Balaban J connectivity index is 2.58. The fourth-order valence-corrected chi connectivity index (χ4v) is 2.52. The maximum Gasteiger partial charge on any atom is 0.220 e. The van der Waals surface area contributed by atoms with E-state index in [-0.39, 0.29) is 11.5 Å². The van der Waals surface area contributed by atoms with E-state index in [1.165, 1.54) is 33.7 Å². The average Bonchev–Trinajstić information content (AvgIpc) is 2.61. The van der Waals surface area contributed by atoms with Gasteiger partial charge in [-0.15, -0.1) is 0 Å². The molecule has 1 aliphatic carbocycles. The first-order valence-electron chi connectivity index (χ1n) is 7.21. The Morgan fingerprint density at radius 1 is 1.04 bits per heavy atom. The van der Waals surface area contributed by atoms with Crippen molar-refractivity contribution in [2.75, 3.05) is 28.4 Å². The molecule has 6 heteroatoms. The van der Waals surface area contributed by atoms with Crippen molar-refractivity contribution < 1.29 is 28.8 Å². The Kier molecular flexibility index (Phi) is 5.65. The van der Waals surface area contributed by atoms with Gasteiger partial charge < -0.3 is 24.1 Å². The number of rotatable bonds is 6. The molecule has 128 valence electrons. The van der Waals surface area contributed by atoms with Gasteiger partial charge in [0.1, 0.15) is 17.6 Å². The monoisotopic (exact) mass is 332 g/mol. The van der Waals surface area contributed by atoms with Gasteiger partial charge in [0.05, 0.1) is 34.7 Å². The van der Waals surface area contributed by atoms with E-state index in [4.69, 9.17) is 18.9 Å². The van der Waals surface area contributed by atoms with Gasteiger partial charge in [0.2, 0.25) is 5.78 Å². The minimum Gasteiger partial charge on any atom is -0.504 e. The van der Waals surface area contributed by atoms with Crippen molar-refractivity contribution in [3.63, 3.8) is 0 Å². The highest BCUT2D eigenvalue weighted by Crippen LogP contribution is 2.39. The van der Waals surface area contributed by atoms with E-state index in [0.717, 1.165) is 0 Å². The Morgan fingerprint density at radius 2 is 1.79 bits per heavy atom. The van der Waals surface area contributed by atoms with Gasteiger partial charge in [-0.05, 0) is 24.3 Å². The summed E-state index contributed by atoms with van der Waals surface area (Å²) < 4.78 is 20.7. The van der Waals surface area contributed by atoms with Crippen LogP contribution in [0, 0.1) is 0 Å². The molecule has 0 saturated carbocycles. The first kappa shape index (κ1) is 17.6. The number of benzene rings is 1. The number of hydrogen-bond donors (Lipinski definition) is 1. The molecule has 0 fully saturated rings. The third-order valence-corrected chi connectivity index (χ3v) is 3.65. The zero-order valence-corrected chi connectivity index (χ0v) is 14.0. The molecule has 6 nitrogen and oxygen atoms in total. The second-order valence-electron chi connectivity index (χ2n) is 4.96. The minimum atomic E-state index is -1.14. The lowest BCUT2D eigenvalue weighted by Gasteiger charge is -2.23. The quantitative estimate of drug-likeness (QED) is 0.806. The highest BCUT2D eigenvalue weighted by Gasteiger charge is 2.29. The van der Waals surface area contributed by atoms with Crippen LogP contribution in [0.15, 0.2) is 53.5 Å². The van der Waals surface area contributed by atoms with E-state index in [0.29, 0.717) is 28.2 Å². The van der Waals surface area contributed by atoms with E-state index in [1.54, 1.807) is 31.4 Å². The predicted molar refractivity (Wildman–Crippen MR) is 87.8 cm³/mol. The van der Waals surface area contributed by atoms with Gasteiger partial charge in [-0.3, -0.25) is 4.79 Å². The van der Waals surface area contributed by atoms with Crippen LogP contribution in [-0.2, 0) is 14.3 Å². The molecule has 1 aliphatic rings. The van der Waals surface area contributed by atoms with Crippen molar-refractivity contribution in [3.05, 3.63) is 59.1 Å². The van der Waals surface area contributed by atoms with E-state index < -0.39 is 6.10 Å². The molecule has 0 amide bonds. The molecule has 0 bridgehead atoms. The first-order valence-corrected chi connectivity index (χ1v) is 7.21. The number of hydrogen-bond acceptors (Lipinski definition) is 6. The van der Waals surface area contributed by atoms with Crippen LogP contribution < -0.4 is 9.47 Å². The third kappa shape index (κ3) is 3.28. The SMILES string of the molecule is CO/C=C1\C=CC(=O)C(OC)=C1C(O)c1ccc(OC)cc1OC. The van der Waals surface area contributed by atoms with Gasteiger partial charge in [-0.25, -0.2) is 0 Å². The van der Waals surface area contributed by atoms with E-state index in [9.17, 15) is 9.90 Å². The van der Waals surface area contributed by atoms with Gasteiger partial charge in [0, 0.05) is 22.8 Å². The molecule has 1 aromatic rings. The fourth-order valence-electron chi connectivity index (χ4n) is 2.52.